The molecule has 0 saturated carbocycles. The van der Waals surface area contributed by atoms with Crippen LogP contribution in [-0.2, 0) is 0 Å². The van der Waals surface area contributed by atoms with E-state index in [2.05, 4.69) is 10.2 Å². The number of aryl methyl sites for hydroxylation is 2. The van der Waals surface area contributed by atoms with Crippen LogP contribution in [0.1, 0.15) is 32.1 Å². The molecule has 0 aliphatic carbocycles. The number of hydrogen-bond donors (Lipinski definition) is 1. The number of rotatable bonds is 4. The third-order valence-corrected chi connectivity index (χ3v) is 5.03. The molecule has 0 aliphatic rings. The summed E-state index contributed by atoms with van der Waals surface area (Å²) in [5.41, 5.74) is 3.36. The second-order valence-electron chi connectivity index (χ2n) is 6.51. The Balaban J connectivity index is 0.000000176. The zero-order valence-electron chi connectivity index (χ0n) is 16.7. The maximum absolute atomic E-state index is 10.9. The number of aromatic carboxylic acids is 1. The van der Waals surface area contributed by atoms with Crippen molar-refractivity contribution >= 4 is 35.5 Å². The number of carbonyl (C=O) groups excluding carboxylic acids is 1. The van der Waals surface area contributed by atoms with E-state index in [1.807, 2.05) is 24.3 Å². The minimum absolute atomic E-state index is 0.180. The van der Waals surface area contributed by atoms with Gasteiger partial charge in [0, 0.05) is 12.4 Å². The van der Waals surface area contributed by atoms with Gasteiger partial charge in [-0.3, -0.25) is 4.79 Å². The van der Waals surface area contributed by atoms with Crippen LogP contribution in [0.15, 0.2) is 60.9 Å². The van der Waals surface area contributed by atoms with Gasteiger partial charge in [-0.2, -0.15) is 10.2 Å². The van der Waals surface area contributed by atoms with Crippen LogP contribution in [0.2, 0.25) is 10.0 Å². The van der Waals surface area contributed by atoms with E-state index in [0.29, 0.717) is 32.7 Å². The molecule has 4 aromatic rings. The van der Waals surface area contributed by atoms with Gasteiger partial charge in [0.05, 0.1) is 38.4 Å². The second-order valence-corrected chi connectivity index (χ2v) is 7.33. The van der Waals surface area contributed by atoms with Crippen molar-refractivity contribution in [1.82, 2.24) is 19.6 Å². The number of aldehydes is 1. The van der Waals surface area contributed by atoms with Gasteiger partial charge in [-0.15, -0.1) is 0 Å². The number of halogens is 2. The molecule has 9 heteroatoms. The van der Waals surface area contributed by atoms with E-state index < -0.39 is 5.97 Å². The van der Waals surface area contributed by atoms with Crippen molar-refractivity contribution < 1.29 is 14.7 Å². The molecule has 0 unspecified atom stereocenters. The molecule has 0 radical (unpaired) electrons. The molecule has 0 aliphatic heterocycles. The molecular weight excluding hydrogens is 439 g/mol. The van der Waals surface area contributed by atoms with Crippen molar-refractivity contribution in [3.05, 3.63) is 93.5 Å². The summed E-state index contributed by atoms with van der Waals surface area (Å²) in [4.78, 5) is 21.5. The van der Waals surface area contributed by atoms with Crippen LogP contribution in [0.25, 0.3) is 11.4 Å². The fourth-order valence-corrected chi connectivity index (χ4v) is 3.23. The van der Waals surface area contributed by atoms with Crippen molar-refractivity contribution in [3.8, 4) is 11.4 Å². The first kappa shape index (κ1) is 22.3. The molecule has 4 rings (SSSR count). The first-order chi connectivity index (χ1) is 14.8. The lowest BCUT2D eigenvalue weighted by atomic mass is 10.3. The third-order valence-electron chi connectivity index (χ3n) is 4.39. The molecule has 0 fully saturated rings. The van der Waals surface area contributed by atoms with Gasteiger partial charge in [-0.25, -0.2) is 14.2 Å². The molecule has 31 heavy (non-hydrogen) atoms. The number of carbonyl (C=O) groups is 2. The molecule has 2 heterocycles. The van der Waals surface area contributed by atoms with Crippen LogP contribution in [-0.4, -0.2) is 36.9 Å². The fraction of sp³-hybridized carbons (Fsp3) is 0.0909. The summed E-state index contributed by atoms with van der Waals surface area (Å²) in [7, 11) is 0. The van der Waals surface area contributed by atoms with Gasteiger partial charge in [-0.1, -0.05) is 47.5 Å². The van der Waals surface area contributed by atoms with E-state index >= 15 is 0 Å². The average molecular weight is 457 g/mol. The molecule has 2 aromatic heterocycles. The quantitative estimate of drug-likeness (QED) is 0.427. The monoisotopic (exact) mass is 456 g/mol. The summed E-state index contributed by atoms with van der Waals surface area (Å²) < 4.78 is 3.09. The van der Waals surface area contributed by atoms with Gasteiger partial charge in [0.1, 0.15) is 5.56 Å². The molecule has 0 saturated heterocycles. The predicted octanol–water partition coefficient (Wildman–Crippen LogP) is 5.18. The average Bonchev–Trinajstić information content (AvgIpc) is 3.31. The molecule has 158 valence electrons. The summed E-state index contributed by atoms with van der Waals surface area (Å²) in [6, 6.07) is 14.5. The molecule has 2 aromatic carbocycles. The van der Waals surface area contributed by atoms with Crippen molar-refractivity contribution in [2.45, 2.75) is 13.8 Å². The second kappa shape index (κ2) is 9.59. The van der Waals surface area contributed by atoms with Crippen molar-refractivity contribution in [1.29, 1.82) is 0 Å². The Bertz CT molecular complexity index is 1250. The van der Waals surface area contributed by atoms with E-state index in [1.165, 1.54) is 10.9 Å². The highest BCUT2D eigenvalue weighted by Crippen LogP contribution is 2.21. The zero-order chi connectivity index (χ0) is 22.5. The van der Waals surface area contributed by atoms with Crippen molar-refractivity contribution in [2.24, 2.45) is 0 Å². The Morgan fingerprint density at radius 2 is 1.35 bits per heavy atom. The van der Waals surface area contributed by atoms with E-state index in [1.54, 1.807) is 49.0 Å². The van der Waals surface area contributed by atoms with Crippen LogP contribution < -0.4 is 0 Å². The Labute approximate surface area is 188 Å². The number of hydrogen-bond acceptors (Lipinski definition) is 4. The molecule has 1 N–H and O–H groups in total. The summed E-state index contributed by atoms with van der Waals surface area (Å²) in [5.74, 6) is -0.990. The Morgan fingerprint density at radius 1 is 0.871 bits per heavy atom. The van der Waals surface area contributed by atoms with E-state index in [4.69, 9.17) is 28.3 Å². The smallest absolute Gasteiger partial charge is 0.339 e. The summed E-state index contributed by atoms with van der Waals surface area (Å²) >= 11 is 12.0. The van der Waals surface area contributed by atoms with Crippen LogP contribution in [0.5, 0.6) is 0 Å². The van der Waals surface area contributed by atoms with Gasteiger partial charge in [0.25, 0.3) is 0 Å². The Hall–Kier alpha value is -3.42. The van der Waals surface area contributed by atoms with Crippen LogP contribution in [0.3, 0.4) is 0 Å². The summed E-state index contributed by atoms with van der Waals surface area (Å²) in [5, 5.41) is 18.4. The number of carboxylic acids is 1. The number of aromatic nitrogens is 4. The lowest BCUT2D eigenvalue weighted by Gasteiger charge is -2.02. The molecule has 7 nitrogen and oxygen atoms in total. The van der Waals surface area contributed by atoms with Gasteiger partial charge in [0.2, 0.25) is 0 Å². The maximum Gasteiger partial charge on any atom is 0.339 e. The van der Waals surface area contributed by atoms with Gasteiger partial charge in [-0.05, 0) is 38.1 Å². The predicted molar refractivity (Wildman–Crippen MR) is 119 cm³/mol. The summed E-state index contributed by atoms with van der Waals surface area (Å²) in [6.07, 6.45) is 3.91. The highest BCUT2D eigenvalue weighted by Gasteiger charge is 2.13. The largest absolute Gasteiger partial charge is 0.478 e. The number of nitrogens with zero attached hydrogens (tertiary/aromatic N) is 4. The molecular formula is C22H18Cl2N4O3. The molecule has 0 amide bonds. The van der Waals surface area contributed by atoms with Gasteiger partial charge >= 0.3 is 5.97 Å². The van der Waals surface area contributed by atoms with Crippen molar-refractivity contribution in [3.63, 3.8) is 0 Å². The molecule has 0 spiro atoms. The topological polar surface area (TPSA) is 90.0 Å². The van der Waals surface area contributed by atoms with E-state index in [9.17, 15) is 9.59 Å². The Morgan fingerprint density at radius 3 is 1.77 bits per heavy atom. The highest BCUT2D eigenvalue weighted by molar-refractivity contribution is 6.32. The van der Waals surface area contributed by atoms with E-state index in [0.717, 1.165) is 12.0 Å². The molecule has 0 atom stereocenters. The fourth-order valence-electron chi connectivity index (χ4n) is 2.78. The third kappa shape index (κ3) is 5.02. The number of para-hydroxylation sites is 2. The highest BCUT2D eigenvalue weighted by atomic mass is 35.5. The Kier molecular flexibility index (Phi) is 6.89. The van der Waals surface area contributed by atoms with Crippen molar-refractivity contribution in [2.75, 3.05) is 0 Å². The number of carboxylic acid groups (broad SMARTS) is 1. The lowest BCUT2D eigenvalue weighted by molar-refractivity contribution is 0.0696. The minimum Gasteiger partial charge on any atom is -0.478 e. The first-order valence-corrected chi connectivity index (χ1v) is 9.88. The lowest BCUT2D eigenvalue weighted by Crippen LogP contribution is -1.96. The van der Waals surface area contributed by atoms with Crippen LogP contribution >= 0.6 is 23.2 Å². The summed E-state index contributed by atoms with van der Waals surface area (Å²) in [6.45, 7) is 3.44. The standard InChI is InChI=1S/C11H9ClN2O2.C11H9ClN2O/c1-7-8(11(15)16)6-14(13-7)10-5-3-2-4-9(10)12;1-8-9(7-15)6-14(13-8)11-5-3-2-4-10(11)12/h2-6H,1H3,(H,15,16);2-7H,1H3. The zero-order valence-corrected chi connectivity index (χ0v) is 18.2. The first-order valence-electron chi connectivity index (χ1n) is 9.12. The maximum atomic E-state index is 10.9. The SMILES string of the molecule is Cc1nn(-c2ccccc2Cl)cc1C(=O)O.Cc1nn(-c2ccccc2Cl)cc1C=O. The number of benzene rings is 2. The van der Waals surface area contributed by atoms with Gasteiger partial charge < -0.3 is 5.11 Å². The van der Waals surface area contributed by atoms with Crippen LogP contribution in [0.4, 0.5) is 0 Å². The van der Waals surface area contributed by atoms with Gasteiger partial charge in [0.15, 0.2) is 6.29 Å². The molecule has 0 bridgehead atoms. The van der Waals surface area contributed by atoms with Crippen LogP contribution in [0, 0.1) is 13.8 Å². The normalized spacial score (nSPS) is 10.3. The minimum atomic E-state index is -0.990. The van der Waals surface area contributed by atoms with E-state index in [-0.39, 0.29) is 5.56 Å².